The van der Waals surface area contributed by atoms with Crippen LogP contribution in [0.2, 0.25) is 0 Å². The van der Waals surface area contributed by atoms with E-state index in [9.17, 15) is 0 Å². The third kappa shape index (κ3) is 6.08. The lowest BCUT2D eigenvalue weighted by molar-refractivity contribution is 0.248. The molecule has 120 valence electrons. The molecule has 0 spiro atoms. The molecule has 0 radical (unpaired) electrons. The first-order valence-corrected chi connectivity index (χ1v) is 7.58. The zero-order valence-electron chi connectivity index (χ0n) is 13.5. The summed E-state index contributed by atoms with van der Waals surface area (Å²) in [5.74, 6) is 2.07. The zero-order valence-corrected chi connectivity index (χ0v) is 13.5. The van der Waals surface area contributed by atoms with Crippen molar-refractivity contribution in [2.45, 2.75) is 26.2 Å². The van der Waals surface area contributed by atoms with Gasteiger partial charge in [-0.05, 0) is 43.9 Å². The summed E-state index contributed by atoms with van der Waals surface area (Å²) in [4.78, 5) is 0. The molecule has 0 fully saturated rings. The van der Waals surface area contributed by atoms with Gasteiger partial charge in [0.25, 0.3) is 0 Å². The number of benzene rings is 1. The molecule has 0 aliphatic heterocycles. The van der Waals surface area contributed by atoms with Gasteiger partial charge in [0.1, 0.15) is 0 Å². The molecule has 0 unspecified atom stereocenters. The first kappa shape index (κ1) is 17.9. The number of hydrogen-bond donors (Lipinski definition) is 0. The SMILES string of the molecule is C=CCCOc1cc(C)cc(OCCC=C)c1OCCC=C. The van der Waals surface area contributed by atoms with Crippen molar-refractivity contribution in [3.8, 4) is 17.2 Å². The highest BCUT2D eigenvalue weighted by molar-refractivity contribution is 5.53. The third-order valence-electron chi connectivity index (χ3n) is 2.89. The molecular formula is C19H26O3. The number of aryl methyl sites for hydroxylation is 1. The summed E-state index contributed by atoms with van der Waals surface area (Å²) in [7, 11) is 0. The summed E-state index contributed by atoms with van der Waals surface area (Å²) in [5, 5.41) is 0. The van der Waals surface area contributed by atoms with Crippen molar-refractivity contribution in [2.24, 2.45) is 0 Å². The molecule has 0 saturated carbocycles. The van der Waals surface area contributed by atoms with E-state index in [4.69, 9.17) is 14.2 Å². The predicted molar refractivity (Wildman–Crippen MR) is 92.1 cm³/mol. The molecule has 0 bridgehead atoms. The second-order valence-corrected chi connectivity index (χ2v) is 4.87. The molecular weight excluding hydrogens is 276 g/mol. The van der Waals surface area contributed by atoms with E-state index in [-0.39, 0.29) is 0 Å². The molecule has 0 amide bonds. The number of ether oxygens (including phenoxy) is 3. The Bertz CT molecular complexity index is 456. The van der Waals surface area contributed by atoms with Crippen LogP contribution in [0.25, 0.3) is 0 Å². The molecule has 0 atom stereocenters. The Labute approximate surface area is 133 Å². The smallest absolute Gasteiger partial charge is 0.203 e. The highest BCUT2D eigenvalue weighted by Crippen LogP contribution is 2.39. The topological polar surface area (TPSA) is 27.7 Å². The Morgan fingerprint density at radius 2 is 1.18 bits per heavy atom. The van der Waals surface area contributed by atoms with Gasteiger partial charge in [0.05, 0.1) is 19.8 Å². The maximum Gasteiger partial charge on any atom is 0.203 e. The van der Waals surface area contributed by atoms with Gasteiger partial charge in [-0.1, -0.05) is 18.2 Å². The van der Waals surface area contributed by atoms with Crippen LogP contribution in [0.1, 0.15) is 24.8 Å². The van der Waals surface area contributed by atoms with Gasteiger partial charge in [-0.15, -0.1) is 19.7 Å². The highest BCUT2D eigenvalue weighted by Gasteiger charge is 2.14. The molecule has 1 aromatic rings. The molecule has 22 heavy (non-hydrogen) atoms. The molecule has 1 aromatic carbocycles. The Morgan fingerprint density at radius 3 is 1.59 bits per heavy atom. The van der Waals surface area contributed by atoms with Gasteiger partial charge in [0, 0.05) is 0 Å². The lowest BCUT2D eigenvalue weighted by atomic mass is 10.2. The standard InChI is InChI=1S/C19H26O3/c1-5-8-11-20-17-14-16(4)15-18(21-12-9-6-2)19(17)22-13-10-7-3/h5-7,14-15H,1-3,8-13H2,4H3. The molecule has 1 rings (SSSR count). The second kappa shape index (κ2) is 10.6. The molecule has 0 heterocycles. The van der Waals surface area contributed by atoms with E-state index in [0.717, 1.165) is 24.8 Å². The number of rotatable bonds is 12. The Kier molecular flexibility index (Phi) is 8.58. The van der Waals surface area contributed by atoms with E-state index >= 15 is 0 Å². The minimum absolute atomic E-state index is 0.544. The molecule has 0 saturated heterocycles. The van der Waals surface area contributed by atoms with Crippen LogP contribution in [-0.4, -0.2) is 19.8 Å². The van der Waals surface area contributed by atoms with Gasteiger partial charge >= 0.3 is 0 Å². The van der Waals surface area contributed by atoms with Crippen LogP contribution in [0.5, 0.6) is 17.2 Å². The van der Waals surface area contributed by atoms with Crippen molar-refractivity contribution in [3.05, 3.63) is 55.7 Å². The van der Waals surface area contributed by atoms with Crippen molar-refractivity contribution in [1.29, 1.82) is 0 Å². The van der Waals surface area contributed by atoms with Crippen LogP contribution in [0.3, 0.4) is 0 Å². The fourth-order valence-electron chi connectivity index (χ4n) is 1.81. The van der Waals surface area contributed by atoms with Gasteiger partial charge < -0.3 is 14.2 Å². The summed E-state index contributed by atoms with van der Waals surface area (Å²) in [6, 6.07) is 3.93. The van der Waals surface area contributed by atoms with Crippen LogP contribution in [-0.2, 0) is 0 Å². The fourth-order valence-corrected chi connectivity index (χ4v) is 1.81. The summed E-state index contributed by atoms with van der Waals surface area (Å²) < 4.78 is 17.5. The molecule has 0 aliphatic rings. The Balaban J connectivity index is 2.95. The van der Waals surface area contributed by atoms with Gasteiger partial charge in [0.2, 0.25) is 5.75 Å². The summed E-state index contributed by atoms with van der Waals surface area (Å²) >= 11 is 0. The first-order chi connectivity index (χ1) is 10.7. The van der Waals surface area contributed by atoms with Crippen molar-refractivity contribution >= 4 is 0 Å². The van der Waals surface area contributed by atoms with E-state index in [1.54, 1.807) is 0 Å². The van der Waals surface area contributed by atoms with E-state index in [1.165, 1.54) is 0 Å². The van der Waals surface area contributed by atoms with E-state index in [2.05, 4.69) is 19.7 Å². The quantitative estimate of drug-likeness (QED) is 0.407. The van der Waals surface area contributed by atoms with Crippen LogP contribution in [0.4, 0.5) is 0 Å². The van der Waals surface area contributed by atoms with Crippen molar-refractivity contribution in [1.82, 2.24) is 0 Å². The minimum atomic E-state index is 0.544. The van der Waals surface area contributed by atoms with Gasteiger partial charge in [0.15, 0.2) is 11.5 Å². The lowest BCUT2D eigenvalue weighted by Crippen LogP contribution is -2.05. The normalized spacial score (nSPS) is 9.86. The summed E-state index contributed by atoms with van der Waals surface area (Å²) in [6.45, 7) is 14.8. The van der Waals surface area contributed by atoms with Gasteiger partial charge in [-0.2, -0.15) is 0 Å². The van der Waals surface area contributed by atoms with Crippen LogP contribution < -0.4 is 14.2 Å². The zero-order chi connectivity index (χ0) is 16.2. The van der Waals surface area contributed by atoms with Crippen LogP contribution in [0, 0.1) is 6.92 Å². The third-order valence-corrected chi connectivity index (χ3v) is 2.89. The molecule has 3 nitrogen and oxygen atoms in total. The summed E-state index contributed by atoms with van der Waals surface area (Å²) in [5.41, 5.74) is 1.07. The predicted octanol–water partition coefficient (Wildman–Crippen LogP) is 4.86. The Hall–Kier alpha value is -2.16. The van der Waals surface area contributed by atoms with E-state index < -0.39 is 0 Å². The van der Waals surface area contributed by atoms with Crippen LogP contribution >= 0.6 is 0 Å². The van der Waals surface area contributed by atoms with Crippen molar-refractivity contribution in [2.75, 3.05) is 19.8 Å². The molecule has 0 N–H and O–H groups in total. The number of hydrogen-bond acceptors (Lipinski definition) is 3. The second-order valence-electron chi connectivity index (χ2n) is 4.87. The molecule has 0 aliphatic carbocycles. The van der Waals surface area contributed by atoms with Crippen LogP contribution in [0.15, 0.2) is 50.1 Å². The van der Waals surface area contributed by atoms with E-state index in [0.29, 0.717) is 37.1 Å². The van der Waals surface area contributed by atoms with Gasteiger partial charge in [-0.25, -0.2) is 0 Å². The summed E-state index contributed by atoms with van der Waals surface area (Å²) in [6.07, 6.45) is 7.82. The average molecular weight is 302 g/mol. The lowest BCUT2D eigenvalue weighted by Gasteiger charge is -2.17. The molecule has 0 aromatic heterocycles. The first-order valence-electron chi connectivity index (χ1n) is 7.58. The monoisotopic (exact) mass is 302 g/mol. The van der Waals surface area contributed by atoms with Gasteiger partial charge in [-0.3, -0.25) is 0 Å². The Morgan fingerprint density at radius 1 is 0.773 bits per heavy atom. The highest BCUT2D eigenvalue weighted by atomic mass is 16.5. The maximum absolute atomic E-state index is 5.85. The maximum atomic E-state index is 5.85. The largest absolute Gasteiger partial charge is 0.489 e. The van der Waals surface area contributed by atoms with Crippen molar-refractivity contribution in [3.63, 3.8) is 0 Å². The molecule has 3 heteroatoms. The minimum Gasteiger partial charge on any atom is -0.489 e. The fraction of sp³-hybridized carbons (Fsp3) is 0.368. The average Bonchev–Trinajstić information content (AvgIpc) is 2.50. The van der Waals surface area contributed by atoms with Crippen molar-refractivity contribution < 1.29 is 14.2 Å². The van der Waals surface area contributed by atoms with E-state index in [1.807, 2.05) is 37.3 Å².